The molecule has 1 heterocycles. The van der Waals surface area contributed by atoms with E-state index in [1.807, 2.05) is 0 Å². The van der Waals surface area contributed by atoms with Crippen molar-refractivity contribution in [1.29, 1.82) is 0 Å². The largest absolute Gasteiger partial charge is 0.462 e. The zero-order valence-electron chi connectivity index (χ0n) is 30.5. The van der Waals surface area contributed by atoms with E-state index in [4.69, 9.17) is 18.9 Å². The molecule has 0 spiro atoms. The summed E-state index contributed by atoms with van der Waals surface area (Å²) < 4.78 is 22.0. The van der Waals surface area contributed by atoms with Crippen molar-refractivity contribution in [2.75, 3.05) is 19.8 Å². The van der Waals surface area contributed by atoms with Crippen LogP contribution in [0.5, 0.6) is 0 Å². The van der Waals surface area contributed by atoms with Gasteiger partial charge >= 0.3 is 11.9 Å². The Kier molecular flexibility index (Phi) is 28.4. The fraction of sp³-hybridized carbons (Fsp3) is 0.947. The molecule has 0 aromatic heterocycles. The van der Waals surface area contributed by atoms with Crippen LogP contribution in [0.25, 0.3) is 0 Å². The monoisotopic (exact) mass is 689 g/mol. The van der Waals surface area contributed by atoms with Gasteiger partial charge in [0.15, 0.2) is 12.4 Å². The maximum absolute atomic E-state index is 12.7. The number of hydrogen-bond donors (Lipinski definition) is 4. The van der Waals surface area contributed by atoms with Gasteiger partial charge in [0.1, 0.15) is 31.0 Å². The molecule has 0 bridgehead atoms. The molecule has 48 heavy (non-hydrogen) atoms. The predicted molar refractivity (Wildman–Crippen MR) is 187 cm³/mol. The molecule has 1 rings (SSSR count). The number of rotatable bonds is 32. The summed E-state index contributed by atoms with van der Waals surface area (Å²) >= 11 is 0. The van der Waals surface area contributed by atoms with Gasteiger partial charge in [-0.2, -0.15) is 0 Å². The van der Waals surface area contributed by atoms with Crippen LogP contribution in [0.3, 0.4) is 0 Å². The van der Waals surface area contributed by atoms with Crippen molar-refractivity contribution < 1.29 is 49.0 Å². The standard InChI is InChI=1S/C38H72O10/c1-3-5-7-9-11-12-13-14-15-16-17-18-19-20-21-23-25-27-34(41)47-31(29-45-33(40)26-24-22-10-8-6-4-2)30-46-38-37(44)36(43)35(42)32(28-39)48-38/h31-32,35-39,42-44H,3-30H2,1-2H3. The number of unbranched alkanes of at least 4 members (excludes halogenated alkanes) is 21. The summed E-state index contributed by atoms with van der Waals surface area (Å²) in [5, 5.41) is 39.8. The fourth-order valence-corrected chi connectivity index (χ4v) is 6.07. The molecular formula is C38H72O10. The highest BCUT2D eigenvalue weighted by Gasteiger charge is 2.44. The van der Waals surface area contributed by atoms with E-state index in [0.29, 0.717) is 6.42 Å². The van der Waals surface area contributed by atoms with E-state index in [1.165, 1.54) is 89.9 Å². The van der Waals surface area contributed by atoms with Crippen molar-refractivity contribution in [2.45, 2.75) is 211 Å². The molecule has 1 saturated heterocycles. The average Bonchev–Trinajstić information content (AvgIpc) is 3.08. The van der Waals surface area contributed by atoms with Crippen LogP contribution in [0.4, 0.5) is 0 Å². The van der Waals surface area contributed by atoms with Crippen molar-refractivity contribution in [2.24, 2.45) is 0 Å². The highest BCUT2D eigenvalue weighted by molar-refractivity contribution is 5.70. The lowest BCUT2D eigenvalue weighted by Crippen LogP contribution is -2.59. The first kappa shape index (κ1) is 44.7. The van der Waals surface area contributed by atoms with E-state index in [1.54, 1.807) is 0 Å². The summed E-state index contributed by atoms with van der Waals surface area (Å²) in [5.41, 5.74) is 0. The van der Waals surface area contributed by atoms with E-state index in [-0.39, 0.29) is 32.0 Å². The average molecular weight is 689 g/mol. The number of aliphatic hydroxyl groups excluding tert-OH is 4. The van der Waals surface area contributed by atoms with Gasteiger partial charge in [-0.1, -0.05) is 149 Å². The topological polar surface area (TPSA) is 152 Å². The Morgan fingerprint density at radius 2 is 0.979 bits per heavy atom. The van der Waals surface area contributed by atoms with Crippen molar-refractivity contribution in [3.05, 3.63) is 0 Å². The van der Waals surface area contributed by atoms with Crippen molar-refractivity contribution in [3.63, 3.8) is 0 Å². The Bertz CT molecular complexity index is 764. The first-order valence-electron chi connectivity index (χ1n) is 19.6. The molecule has 10 nitrogen and oxygen atoms in total. The van der Waals surface area contributed by atoms with Crippen LogP contribution in [0.15, 0.2) is 0 Å². The normalized spacial score (nSPS) is 21.7. The van der Waals surface area contributed by atoms with Crippen LogP contribution in [-0.4, -0.2) is 89.0 Å². The second-order valence-corrected chi connectivity index (χ2v) is 13.8. The highest BCUT2D eigenvalue weighted by Crippen LogP contribution is 2.22. The number of carbonyl (C=O) groups is 2. The van der Waals surface area contributed by atoms with Crippen LogP contribution < -0.4 is 0 Å². The molecule has 4 N–H and O–H groups in total. The first-order valence-corrected chi connectivity index (χ1v) is 19.6. The number of esters is 2. The van der Waals surface area contributed by atoms with Gasteiger partial charge in [-0.15, -0.1) is 0 Å². The van der Waals surface area contributed by atoms with E-state index >= 15 is 0 Å². The molecule has 1 aliphatic rings. The van der Waals surface area contributed by atoms with Gasteiger partial charge in [-0.25, -0.2) is 0 Å². The SMILES string of the molecule is CCCCCCCCCCCCCCCCCCCC(=O)OC(COC(=O)CCCCCCCC)COC1OC(CO)C(O)C(O)C1O. The molecule has 0 aromatic rings. The molecule has 6 atom stereocenters. The molecule has 0 amide bonds. The second kappa shape index (κ2) is 30.5. The molecule has 0 radical (unpaired) electrons. The van der Waals surface area contributed by atoms with E-state index in [0.717, 1.165) is 51.4 Å². The zero-order chi connectivity index (χ0) is 35.2. The predicted octanol–water partition coefficient (Wildman–Crippen LogP) is 7.05. The highest BCUT2D eigenvalue weighted by atomic mass is 16.7. The number of hydrogen-bond acceptors (Lipinski definition) is 10. The maximum Gasteiger partial charge on any atom is 0.306 e. The molecule has 0 aromatic carbocycles. The summed E-state index contributed by atoms with van der Waals surface area (Å²) in [6, 6.07) is 0. The molecule has 0 saturated carbocycles. The molecule has 6 unspecified atom stereocenters. The minimum atomic E-state index is -1.59. The molecule has 10 heteroatoms. The molecule has 0 aliphatic carbocycles. The van der Waals surface area contributed by atoms with Crippen molar-refractivity contribution in [3.8, 4) is 0 Å². The van der Waals surface area contributed by atoms with Crippen molar-refractivity contribution in [1.82, 2.24) is 0 Å². The fourth-order valence-electron chi connectivity index (χ4n) is 6.07. The third-order valence-electron chi connectivity index (χ3n) is 9.24. The van der Waals surface area contributed by atoms with Crippen LogP contribution in [0, 0.1) is 0 Å². The number of ether oxygens (including phenoxy) is 4. The van der Waals surface area contributed by atoms with Gasteiger partial charge in [-0.05, 0) is 12.8 Å². The molecule has 1 fully saturated rings. The van der Waals surface area contributed by atoms with E-state index in [2.05, 4.69) is 13.8 Å². The van der Waals surface area contributed by atoms with Gasteiger partial charge in [-0.3, -0.25) is 9.59 Å². The Morgan fingerprint density at radius 1 is 0.562 bits per heavy atom. The van der Waals surface area contributed by atoms with Crippen LogP contribution in [0.2, 0.25) is 0 Å². The Morgan fingerprint density at radius 3 is 1.42 bits per heavy atom. The van der Waals surface area contributed by atoms with Crippen LogP contribution in [-0.2, 0) is 28.5 Å². The van der Waals surface area contributed by atoms with E-state index in [9.17, 15) is 30.0 Å². The van der Waals surface area contributed by atoms with Crippen LogP contribution >= 0.6 is 0 Å². The lowest BCUT2D eigenvalue weighted by Gasteiger charge is -2.39. The van der Waals surface area contributed by atoms with Crippen LogP contribution in [0.1, 0.15) is 174 Å². The number of aliphatic hydroxyl groups is 4. The lowest BCUT2D eigenvalue weighted by atomic mass is 9.99. The molecular weight excluding hydrogens is 616 g/mol. The van der Waals surface area contributed by atoms with Gasteiger partial charge in [0.05, 0.1) is 13.2 Å². The Labute approximate surface area is 291 Å². The van der Waals surface area contributed by atoms with E-state index < -0.39 is 49.4 Å². The van der Waals surface area contributed by atoms with Gasteiger partial charge in [0.25, 0.3) is 0 Å². The zero-order valence-corrected chi connectivity index (χ0v) is 30.5. The molecule has 1 aliphatic heterocycles. The molecule has 284 valence electrons. The summed E-state index contributed by atoms with van der Waals surface area (Å²) in [5.74, 6) is -0.808. The Hall–Kier alpha value is -1.30. The number of carbonyl (C=O) groups excluding carboxylic acids is 2. The Balaban J connectivity index is 2.30. The minimum Gasteiger partial charge on any atom is -0.462 e. The van der Waals surface area contributed by atoms with Gasteiger partial charge < -0.3 is 39.4 Å². The summed E-state index contributed by atoms with van der Waals surface area (Å²) in [7, 11) is 0. The maximum atomic E-state index is 12.7. The first-order chi connectivity index (χ1) is 23.3. The van der Waals surface area contributed by atoms with Gasteiger partial charge in [0.2, 0.25) is 0 Å². The van der Waals surface area contributed by atoms with Crippen molar-refractivity contribution >= 4 is 11.9 Å². The third-order valence-corrected chi connectivity index (χ3v) is 9.24. The second-order valence-electron chi connectivity index (χ2n) is 13.8. The summed E-state index contributed by atoms with van der Waals surface area (Å²) in [6.45, 7) is 3.36. The lowest BCUT2D eigenvalue weighted by molar-refractivity contribution is -0.305. The summed E-state index contributed by atoms with van der Waals surface area (Å²) in [6.07, 6.45) is 20.0. The quantitative estimate of drug-likeness (QED) is 0.0427. The third kappa shape index (κ3) is 22.4. The summed E-state index contributed by atoms with van der Waals surface area (Å²) in [4.78, 5) is 25.0. The smallest absolute Gasteiger partial charge is 0.306 e. The minimum absolute atomic E-state index is 0.211. The van der Waals surface area contributed by atoms with Gasteiger partial charge in [0, 0.05) is 12.8 Å².